The summed E-state index contributed by atoms with van der Waals surface area (Å²) in [6.07, 6.45) is 1.78. The molecule has 8 heteroatoms. The van der Waals surface area contributed by atoms with Gasteiger partial charge in [0.1, 0.15) is 11.6 Å². The number of nitrogens with one attached hydrogen (secondary N) is 1. The number of hydrogen-bond acceptors (Lipinski definition) is 6. The van der Waals surface area contributed by atoms with E-state index in [1.54, 1.807) is 42.0 Å². The van der Waals surface area contributed by atoms with Crippen LogP contribution < -0.4 is 10.1 Å². The highest BCUT2D eigenvalue weighted by Gasteiger charge is 2.17. The molecule has 2 aromatic carbocycles. The number of methoxy groups -OCH3 is 1. The molecule has 0 atom stereocenters. The van der Waals surface area contributed by atoms with Crippen molar-refractivity contribution in [1.82, 2.24) is 14.8 Å². The Labute approximate surface area is 185 Å². The normalized spacial score (nSPS) is 10.5. The van der Waals surface area contributed by atoms with Crippen molar-refractivity contribution in [2.45, 2.75) is 25.0 Å². The van der Waals surface area contributed by atoms with Gasteiger partial charge in [0.15, 0.2) is 10.9 Å². The zero-order valence-electron chi connectivity index (χ0n) is 17.5. The Hall–Kier alpha value is -3.39. The minimum absolute atomic E-state index is 0.0281. The molecule has 3 rings (SSSR count). The number of hydrogen-bond donors (Lipinski definition) is 1. The predicted octanol–water partition coefficient (Wildman–Crippen LogP) is 3.94. The maximum absolute atomic E-state index is 12.5. The summed E-state index contributed by atoms with van der Waals surface area (Å²) in [6, 6.07) is 14.6. The van der Waals surface area contributed by atoms with Crippen LogP contribution in [0.15, 0.2) is 66.3 Å². The van der Waals surface area contributed by atoms with E-state index in [-0.39, 0.29) is 23.9 Å². The van der Waals surface area contributed by atoms with Crippen molar-refractivity contribution in [2.24, 2.45) is 0 Å². The molecule has 7 nitrogen and oxygen atoms in total. The van der Waals surface area contributed by atoms with Crippen LogP contribution in [0.25, 0.3) is 0 Å². The molecule has 1 N–H and O–H groups in total. The Morgan fingerprint density at radius 3 is 2.58 bits per heavy atom. The summed E-state index contributed by atoms with van der Waals surface area (Å²) in [6.45, 7) is 6.15. The fourth-order valence-electron chi connectivity index (χ4n) is 2.91. The van der Waals surface area contributed by atoms with Crippen molar-refractivity contribution in [2.75, 3.05) is 18.2 Å². The second-order valence-corrected chi connectivity index (χ2v) is 7.72. The van der Waals surface area contributed by atoms with E-state index in [0.29, 0.717) is 28.8 Å². The molecular formula is C23H24N4O3S. The van der Waals surface area contributed by atoms with Gasteiger partial charge in [-0.25, -0.2) is 0 Å². The first kappa shape index (κ1) is 22.3. The minimum Gasteiger partial charge on any atom is -0.497 e. The summed E-state index contributed by atoms with van der Waals surface area (Å²) in [5.41, 5.74) is 2.35. The van der Waals surface area contributed by atoms with Gasteiger partial charge in [-0.3, -0.25) is 9.59 Å². The molecule has 0 fully saturated rings. The number of allylic oxidation sites excluding steroid dienone is 1. The van der Waals surface area contributed by atoms with Gasteiger partial charge >= 0.3 is 0 Å². The zero-order chi connectivity index (χ0) is 22.2. The highest BCUT2D eigenvalue weighted by atomic mass is 32.2. The Kier molecular flexibility index (Phi) is 7.61. The molecule has 0 aliphatic carbocycles. The number of carbonyl (C=O) groups excluding carboxylic acids is 2. The average molecular weight is 437 g/mol. The van der Waals surface area contributed by atoms with Gasteiger partial charge in [0, 0.05) is 17.8 Å². The number of nitrogens with zero attached hydrogens (tertiary/aromatic N) is 3. The highest BCUT2D eigenvalue weighted by molar-refractivity contribution is 7.99. The first-order chi connectivity index (χ1) is 15.0. The third-order valence-electron chi connectivity index (χ3n) is 4.59. The SMILES string of the molecule is C=CCn1c(CC(=O)Nc2ccccc2C)nnc1SCC(=O)c1ccc(OC)cc1. The quantitative estimate of drug-likeness (QED) is 0.294. The Bertz CT molecular complexity index is 1080. The second kappa shape index (κ2) is 10.6. The van der Waals surface area contributed by atoms with Crippen LogP contribution in [0.2, 0.25) is 0 Å². The molecule has 3 aromatic rings. The first-order valence-corrected chi connectivity index (χ1v) is 10.7. The number of anilines is 1. The highest BCUT2D eigenvalue weighted by Crippen LogP contribution is 2.21. The van der Waals surface area contributed by atoms with Crippen LogP contribution in [0, 0.1) is 6.92 Å². The summed E-state index contributed by atoms with van der Waals surface area (Å²) >= 11 is 1.28. The molecule has 0 bridgehead atoms. The number of para-hydroxylation sites is 1. The number of amides is 1. The van der Waals surface area contributed by atoms with Crippen molar-refractivity contribution in [3.05, 3.63) is 78.1 Å². The smallest absolute Gasteiger partial charge is 0.232 e. The van der Waals surface area contributed by atoms with Crippen molar-refractivity contribution in [1.29, 1.82) is 0 Å². The number of Topliss-reactive ketones (excluding diaryl/α,β-unsaturated/α-hetero) is 1. The lowest BCUT2D eigenvalue weighted by molar-refractivity contribution is -0.115. The van der Waals surface area contributed by atoms with E-state index in [2.05, 4.69) is 22.1 Å². The van der Waals surface area contributed by atoms with Gasteiger partial charge in [0.05, 0.1) is 19.3 Å². The van der Waals surface area contributed by atoms with E-state index in [9.17, 15) is 9.59 Å². The van der Waals surface area contributed by atoms with E-state index < -0.39 is 0 Å². The molecule has 0 radical (unpaired) electrons. The summed E-state index contributed by atoms with van der Waals surface area (Å²) in [4.78, 5) is 25.0. The molecule has 1 amide bonds. The summed E-state index contributed by atoms with van der Waals surface area (Å²) < 4.78 is 6.92. The van der Waals surface area contributed by atoms with Crippen LogP contribution >= 0.6 is 11.8 Å². The Morgan fingerprint density at radius 1 is 1.16 bits per heavy atom. The van der Waals surface area contributed by atoms with Gasteiger partial charge in [0.2, 0.25) is 5.91 Å². The van der Waals surface area contributed by atoms with E-state index in [4.69, 9.17) is 4.74 Å². The lowest BCUT2D eigenvalue weighted by Gasteiger charge is -2.09. The number of ketones is 1. The number of aryl methyl sites for hydroxylation is 1. The van der Waals surface area contributed by atoms with E-state index in [1.165, 1.54) is 11.8 Å². The largest absolute Gasteiger partial charge is 0.497 e. The third kappa shape index (κ3) is 5.82. The van der Waals surface area contributed by atoms with Crippen LogP contribution in [0.4, 0.5) is 5.69 Å². The van der Waals surface area contributed by atoms with Crippen LogP contribution in [0.3, 0.4) is 0 Å². The molecule has 160 valence electrons. The molecule has 0 aliphatic rings. The third-order valence-corrected chi connectivity index (χ3v) is 5.55. The van der Waals surface area contributed by atoms with Crippen LogP contribution in [-0.2, 0) is 17.8 Å². The molecule has 31 heavy (non-hydrogen) atoms. The Morgan fingerprint density at radius 2 is 1.90 bits per heavy atom. The lowest BCUT2D eigenvalue weighted by Crippen LogP contribution is -2.18. The number of benzene rings is 2. The fourth-order valence-corrected chi connectivity index (χ4v) is 3.77. The van der Waals surface area contributed by atoms with Crippen LogP contribution in [0.5, 0.6) is 5.75 Å². The number of thioether (sulfide) groups is 1. The maximum Gasteiger partial charge on any atom is 0.232 e. The monoisotopic (exact) mass is 436 g/mol. The van der Waals surface area contributed by atoms with E-state index in [0.717, 1.165) is 11.3 Å². The number of aromatic nitrogens is 3. The number of rotatable bonds is 10. The molecule has 0 saturated heterocycles. The van der Waals surface area contributed by atoms with Crippen LogP contribution in [0.1, 0.15) is 21.7 Å². The molecule has 0 saturated carbocycles. The molecular weight excluding hydrogens is 412 g/mol. The molecule has 1 heterocycles. The van der Waals surface area contributed by atoms with Gasteiger partial charge in [0.25, 0.3) is 0 Å². The van der Waals surface area contributed by atoms with Crippen molar-refractivity contribution in [3.63, 3.8) is 0 Å². The summed E-state index contributed by atoms with van der Waals surface area (Å²) in [5, 5.41) is 11.8. The zero-order valence-corrected chi connectivity index (χ0v) is 18.3. The second-order valence-electron chi connectivity index (χ2n) is 6.78. The predicted molar refractivity (Wildman–Crippen MR) is 122 cm³/mol. The lowest BCUT2D eigenvalue weighted by atomic mass is 10.1. The summed E-state index contributed by atoms with van der Waals surface area (Å²) in [5.74, 6) is 1.21. The van der Waals surface area contributed by atoms with Crippen LogP contribution in [-0.4, -0.2) is 39.3 Å². The van der Waals surface area contributed by atoms with Gasteiger partial charge in [-0.2, -0.15) is 0 Å². The van der Waals surface area contributed by atoms with Gasteiger partial charge in [-0.15, -0.1) is 16.8 Å². The van der Waals surface area contributed by atoms with E-state index >= 15 is 0 Å². The Balaban J connectivity index is 1.66. The van der Waals surface area contributed by atoms with Crippen molar-refractivity contribution >= 4 is 29.1 Å². The topological polar surface area (TPSA) is 86.1 Å². The maximum atomic E-state index is 12.5. The van der Waals surface area contributed by atoms with Gasteiger partial charge < -0.3 is 14.6 Å². The van der Waals surface area contributed by atoms with Crippen molar-refractivity contribution in [3.8, 4) is 5.75 Å². The number of ether oxygens (including phenoxy) is 1. The molecule has 1 aromatic heterocycles. The molecule has 0 aliphatic heterocycles. The van der Waals surface area contributed by atoms with E-state index in [1.807, 2.05) is 31.2 Å². The average Bonchev–Trinajstić information content (AvgIpc) is 3.15. The van der Waals surface area contributed by atoms with Crippen molar-refractivity contribution < 1.29 is 14.3 Å². The fraction of sp³-hybridized carbons (Fsp3) is 0.217. The van der Waals surface area contributed by atoms with Gasteiger partial charge in [-0.05, 0) is 42.8 Å². The first-order valence-electron chi connectivity index (χ1n) is 9.70. The molecule has 0 unspecified atom stereocenters. The summed E-state index contributed by atoms with van der Waals surface area (Å²) in [7, 11) is 1.58. The number of carbonyl (C=O) groups is 2. The van der Waals surface area contributed by atoms with Gasteiger partial charge in [-0.1, -0.05) is 36.0 Å². The molecule has 0 spiro atoms. The standard InChI is InChI=1S/C23H24N4O3S/c1-4-13-27-21(14-22(29)24-19-8-6-5-7-16(19)2)25-26-23(27)31-15-20(28)17-9-11-18(30-3)12-10-17/h4-12H,1,13-15H2,2-3H3,(H,24,29). The minimum atomic E-state index is -0.183.